The predicted octanol–water partition coefficient (Wildman–Crippen LogP) is 3.98. The van der Waals surface area contributed by atoms with Gasteiger partial charge >= 0.3 is 6.36 Å². The van der Waals surface area contributed by atoms with E-state index in [1.54, 1.807) is 18.3 Å². The second kappa shape index (κ2) is 5.64. The number of carbonyl (C=O) groups excluding carboxylic acids is 1. The number of amides is 1. The molecule has 5 nitrogen and oxygen atoms in total. The summed E-state index contributed by atoms with van der Waals surface area (Å²) in [5.41, 5.74) is 1.30. The van der Waals surface area contributed by atoms with Crippen molar-refractivity contribution in [2.45, 2.75) is 6.36 Å². The maximum atomic E-state index is 12.1. The molecule has 118 valence electrons. The number of alkyl halides is 3. The smallest absolute Gasteiger partial charge is 0.449 e. The number of hydrogen-bond donors (Lipinski definition) is 1. The number of halogens is 3. The lowest BCUT2D eigenvalue weighted by Gasteiger charge is -2.09. The predicted molar refractivity (Wildman–Crippen MR) is 75.1 cm³/mol. The summed E-state index contributed by atoms with van der Waals surface area (Å²) in [4.78, 5) is 16.1. The van der Waals surface area contributed by atoms with Crippen LogP contribution in [0.5, 0.6) is 5.75 Å². The Morgan fingerprint density at radius 1 is 1.17 bits per heavy atom. The Labute approximate surface area is 127 Å². The summed E-state index contributed by atoms with van der Waals surface area (Å²) in [5.74, 6) is -0.856. The van der Waals surface area contributed by atoms with E-state index in [4.69, 9.17) is 4.42 Å². The van der Waals surface area contributed by atoms with E-state index in [2.05, 4.69) is 15.0 Å². The second-order valence-electron chi connectivity index (χ2n) is 4.52. The Hall–Kier alpha value is -3.03. The number of fused-ring (bicyclic) bond motifs is 1. The normalized spacial score (nSPS) is 11.4. The van der Waals surface area contributed by atoms with Crippen molar-refractivity contribution in [2.24, 2.45) is 0 Å². The van der Waals surface area contributed by atoms with Gasteiger partial charge in [-0.2, -0.15) is 0 Å². The number of aromatic nitrogens is 1. The molecule has 0 aliphatic heterocycles. The zero-order valence-electron chi connectivity index (χ0n) is 11.4. The summed E-state index contributed by atoms with van der Waals surface area (Å²) in [6, 6.07) is 9.60. The third-order valence-corrected chi connectivity index (χ3v) is 2.86. The number of nitrogens with one attached hydrogen (secondary N) is 1. The number of pyridine rings is 1. The van der Waals surface area contributed by atoms with Crippen LogP contribution in [0.15, 0.2) is 53.1 Å². The molecule has 0 radical (unpaired) electrons. The first-order valence-corrected chi connectivity index (χ1v) is 6.42. The van der Waals surface area contributed by atoms with Crippen molar-refractivity contribution in [1.82, 2.24) is 4.98 Å². The lowest BCUT2D eigenvalue weighted by Crippen LogP contribution is -2.17. The van der Waals surface area contributed by atoms with Crippen LogP contribution in [0.1, 0.15) is 10.6 Å². The highest BCUT2D eigenvalue weighted by molar-refractivity contribution is 6.04. The largest absolute Gasteiger partial charge is 0.573 e. The molecule has 0 fully saturated rings. The molecule has 0 aliphatic rings. The van der Waals surface area contributed by atoms with Gasteiger partial charge in [0.05, 0.1) is 0 Å². The molecule has 0 aliphatic carbocycles. The van der Waals surface area contributed by atoms with Gasteiger partial charge in [-0.1, -0.05) is 0 Å². The molecule has 0 saturated carbocycles. The molecular formula is C15H9F3N2O3. The van der Waals surface area contributed by atoms with Crippen molar-refractivity contribution in [1.29, 1.82) is 0 Å². The van der Waals surface area contributed by atoms with Gasteiger partial charge in [0, 0.05) is 18.0 Å². The quantitative estimate of drug-likeness (QED) is 0.792. The summed E-state index contributed by atoms with van der Waals surface area (Å²) in [5, 5.41) is 2.51. The summed E-state index contributed by atoms with van der Waals surface area (Å²) in [7, 11) is 0. The Balaban J connectivity index is 1.72. The summed E-state index contributed by atoms with van der Waals surface area (Å²) >= 11 is 0. The molecule has 8 heteroatoms. The molecule has 0 bridgehead atoms. The van der Waals surface area contributed by atoms with E-state index in [0.717, 1.165) is 12.1 Å². The standard InChI is InChI=1S/C15H9F3N2O3/c16-15(17,18)23-10-5-3-9(4-6-10)20-14(21)13-8-11-12(22-13)2-1-7-19-11/h1-8H,(H,20,21). The first kappa shape index (κ1) is 14.9. The van der Waals surface area contributed by atoms with Crippen molar-refractivity contribution in [2.75, 3.05) is 5.32 Å². The molecule has 1 amide bonds. The van der Waals surface area contributed by atoms with Crippen molar-refractivity contribution in [3.05, 3.63) is 54.4 Å². The van der Waals surface area contributed by atoms with Gasteiger partial charge in [0.15, 0.2) is 11.3 Å². The number of nitrogens with zero attached hydrogens (tertiary/aromatic N) is 1. The van der Waals surface area contributed by atoms with Crippen LogP contribution in [0.25, 0.3) is 11.1 Å². The molecular weight excluding hydrogens is 313 g/mol. The Morgan fingerprint density at radius 2 is 1.91 bits per heavy atom. The van der Waals surface area contributed by atoms with Gasteiger partial charge in [-0.25, -0.2) is 0 Å². The van der Waals surface area contributed by atoms with Crippen LogP contribution in [0.2, 0.25) is 0 Å². The van der Waals surface area contributed by atoms with Crippen molar-refractivity contribution < 1.29 is 27.1 Å². The molecule has 2 heterocycles. The molecule has 1 aromatic carbocycles. The van der Waals surface area contributed by atoms with Gasteiger partial charge in [-0.3, -0.25) is 9.78 Å². The fraction of sp³-hybridized carbons (Fsp3) is 0.0667. The molecule has 3 rings (SSSR count). The lowest BCUT2D eigenvalue weighted by molar-refractivity contribution is -0.274. The highest BCUT2D eigenvalue weighted by atomic mass is 19.4. The van der Waals surface area contributed by atoms with E-state index in [1.807, 2.05) is 0 Å². The van der Waals surface area contributed by atoms with Crippen molar-refractivity contribution >= 4 is 22.7 Å². The maximum absolute atomic E-state index is 12.1. The zero-order chi connectivity index (χ0) is 16.4. The minimum Gasteiger partial charge on any atom is -0.449 e. The number of hydrogen-bond acceptors (Lipinski definition) is 4. The SMILES string of the molecule is O=C(Nc1ccc(OC(F)(F)F)cc1)c1cc2ncccc2o1. The number of carbonyl (C=O) groups is 1. The Bertz CT molecular complexity index is 808. The van der Waals surface area contributed by atoms with Crippen LogP contribution in [0, 0.1) is 0 Å². The van der Waals surface area contributed by atoms with Gasteiger partial charge in [0.2, 0.25) is 0 Å². The van der Waals surface area contributed by atoms with Crippen LogP contribution in [0.3, 0.4) is 0 Å². The van der Waals surface area contributed by atoms with E-state index in [1.165, 1.54) is 18.2 Å². The van der Waals surface area contributed by atoms with E-state index < -0.39 is 12.3 Å². The number of benzene rings is 1. The van der Waals surface area contributed by atoms with Crippen molar-refractivity contribution in [3.8, 4) is 5.75 Å². The van der Waals surface area contributed by atoms with Gasteiger partial charge in [-0.05, 0) is 36.4 Å². The summed E-state index contributed by atoms with van der Waals surface area (Å²) < 4.78 is 45.3. The average Bonchev–Trinajstić information content (AvgIpc) is 2.92. The lowest BCUT2D eigenvalue weighted by atomic mass is 10.3. The Morgan fingerprint density at radius 3 is 2.57 bits per heavy atom. The Kier molecular flexibility index (Phi) is 3.65. The average molecular weight is 322 g/mol. The van der Waals surface area contributed by atoms with Crippen molar-refractivity contribution in [3.63, 3.8) is 0 Å². The molecule has 0 saturated heterocycles. The number of rotatable bonds is 3. The first-order chi connectivity index (χ1) is 10.9. The molecule has 0 unspecified atom stereocenters. The van der Waals surface area contributed by atoms with Crippen LogP contribution in [0.4, 0.5) is 18.9 Å². The number of anilines is 1. The molecule has 2 aromatic heterocycles. The van der Waals surface area contributed by atoms with Crippen LogP contribution in [-0.4, -0.2) is 17.3 Å². The highest BCUT2D eigenvalue weighted by Gasteiger charge is 2.30. The third kappa shape index (κ3) is 3.60. The molecule has 23 heavy (non-hydrogen) atoms. The minimum atomic E-state index is -4.76. The van der Waals surface area contributed by atoms with E-state index in [-0.39, 0.29) is 11.5 Å². The highest BCUT2D eigenvalue weighted by Crippen LogP contribution is 2.24. The monoisotopic (exact) mass is 322 g/mol. The van der Waals surface area contributed by atoms with Gasteiger partial charge in [0.1, 0.15) is 11.3 Å². The fourth-order valence-corrected chi connectivity index (χ4v) is 1.91. The maximum Gasteiger partial charge on any atom is 0.573 e. The first-order valence-electron chi connectivity index (χ1n) is 6.42. The van der Waals surface area contributed by atoms with Gasteiger partial charge in [0.25, 0.3) is 5.91 Å². The van der Waals surface area contributed by atoms with Gasteiger partial charge in [-0.15, -0.1) is 13.2 Å². The zero-order valence-corrected chi connectivity index (χ0v) is 11.4. The second-order valence-corrected chi connectivity index (χ2v) is 4.52. The number of ether oxygens (including phenoxy) is 1. The van der Waals surface area contributed by atoms with Crippen LogP contribution in [-0.2, 0) is 0 Å². The fourth-order valence-electron chi connectivity index (χ4n) is 1.91. The molecule has 3 aromatic rings. The van der Waals surface area contributed by atoms with Crippen LogP contribution >= 0.6 is 0 Å². The number of furan rings is 1. The minimum absolute atomic E-state index is 0.0503. The van der Waals surface area contributed by atoms with Gasteiger partial charge < -0.3 is 14.5 Å². The molecule has 1 N–H and O–H groups in total. The third-order valence-electron chi connectivity index (χ3n) is 2.86. The summed E-state index contributed by atoms with van der Waals surface area (Å²) in [6.45, 7) is 0. The summed E-state index contributed by atoms with van der Waals surface area (Å²) in [6.07, 6.45) is -3.19. The topological polar surface area (TPSA) is 64.4 Å². The van der Waals surface area contributed by atoms with E-state index >= 15 is 0 Å². The molecule has 0 spiro atoms. The molecule has 0 atom stereocenters. The van der Waals surface area contributed by atoms with E-state index in [9.17, 15) is 18.0 Å². The van der Waals surface area contributed by atoms with E-state index in [0.29, 0.717) is 16.8 Å². The van der Waals surface area contributed by atoms with Crippen LogP contribution < -0.4 is 10.1 Å².